The maximum atomic E-state index is 11.6. The van der Waals surface area contributed by atoms with Gasteiger partial charge in [-0.1, -0.05) is 6.92 Å². The van der Waals surface area contributed by atoms with E-state index in [2.05, 4.69) is 10.6 Å². The third-order valence-electron chi connectivity index (χ3n) is 3.05. The summed E-state index contributed by atoms with van der Waals surface area (Å²) in [5.41, 5.74) is -0.249. The number of hydrogen-bond acceptors (Lipinski definition) is 2. The molecule has 92 valence electrons. The van der Waals surface area contributed by atoms with Gasteiger partial charge >= 0.3 is 12.0 Å². The van der Waals surface area contributed by atoms with Crippen molar-refractivity contribution < 1.29 is 14.7 Å². The van der Waals surface area contributed by atoms with E-state index in [1.807, 2.05) is 13.8 Å². The zero-order valence-corrected chi connectivity index (χ0v) is 10.0. The van der Waals surface area contributed by atoms with Crippen LogP contribution >= 0.6 is 0 Å². The molecule has 1 saturated carbocycles. The second-order valence-corrected chi connectivity index (χ2v) is 4.89. The molecule has 0 bridgehead atoms. The van der Waals surface area contributed by atoms with Gasteiger partial charge in [0.1, 0.15) is 6.04 Å². The molecule has 5 heteroatoms. The Balaban J connectivity index is 2.42. The Hall–Kier alpha value is -1.26. The molecule has 0 spiro atoms. The van der Waals surface area contributed by atoms with Crippen LogP contribution in [0.25, 0.3) is 0 Å². The first-order chi connectivity index (χ1) is 7.36. The molecule has 0 aromatic carbocycles. The fourth-order valence-electron chi connectivity index (χ4n) is 1.73. The van der Waals surface area contributed by atoms with E-state index in [-0.39, 0.29) is 5.54 Å². The highest BCUT2D eigenvalue weighted by Gasteiger charge is 2.39. The van der Waals surface area contributed by atoms with Gasteiger partial charge in [0.25, 0.3) is 0 Å². The van der Waals surface area contributed by atoms with E-state index in [1.54, 1.807) is 6.92 Å². The number of urea groups is 1. The monoisotopic (exact) mass is 228 g/mol. The van der Waals surface area contributed by atoms with Crippen LogP contribution in [0.4, 0.5) is 4.79 Å². The number of carboxylic acid groups (broad SMARTS) is 1. The zero-order valence-electron chi connectivity index (χ0n) is 10.0. The number of carbonyl (C=O) groups is 2. The van der Waals surface area contributed by atoms with Gasteiger partial charge in [0, 0.05) is 5.54 Å². The highest BCUT2D eigenvalue weighted by molar-refractivity contribution is 5.82. The van der Waals surface area contributed by atoms with Crippen LogP contribution in [0.1, 0.15) is 40.0 Å². The zero-order chi connectivity index (χ0) is 12.3. The van der Waals surface area contributed by atoms with Crippen molar-refractivity contribution in [3.05, 3.63) is 0 Å². The Labute approximate surface area is 95.6 Å². The lowest BCUT2D eigenvalue weighted by atomic mass is 9.99. The van der Waals surface area contributed by atoms with Crippen LogP contribution in [0.15, 0.2) is 0 Å². The molecule has 2 amide bonds. The lowest BCUT2D eigenvalue weighted by Gasteiger charge is -2.27. The second kappa shape index (κ2) is 4.72. The summed E-state index contributed by atoms with van der Waals surface area (Å²) in [6, 6.07) is -1.21. The average Bonchev–Trinajstić information content (AvgIpc) is 2.95. The molecule has 1 aliphatic carbocycles. The van der Waals surface area contributed by atoms with Gasteiger partial charge in [0.15, 0.2) is 0 Å². The fourth-order valence-corrected chi connectivity index (χ4v) is 1.73. The van der Waals surface area contributed by atoms with Crippen LogP contribution in [0, 0.1) is 5.92 Å². The number of hydrogen-bond donors (Lipinski definition) is 3. The average molecular weight is 228 g/mol. The van der Waals surface area contributed by atoms with Crippen LogP contribution < -0.4 is 10.6 Å². The SMILES string of the molecule is CCC(NC(=O)NC(C)(C)C1CC1)C(=O)O. The number of carboxylic acids is 1. The van der Waals surface area contributed by atoms with Gasteiger partial charge in [-0.3, -0.25) is 0 Å². The Morgan fingerprint density at radius 3 is 2.38 bits per heavy atom. The summed E-state index contributed by atoms with van der Waals surface area (Å²) in [6.07, 6.45) is 2.64. The smallest absolute Gasteiger partial charge is 0.326 e. The number of nitrogens with one attached hydrogen (secondary N) is 2. The van der Waals surface area contributed by atoms with Gasteiger partial charge in [0.05, 0.1) is 0 Å². The van der Waals surface area contributed by atoms with Crippen molar-refractivity contribution in [2.75, 3.05) is 0 Å². The van der Waals surface area contributed by atoms with Crippen molar-refractivity contribution in [2.24, 2.45) is 5.92 Å². The van der Waals surface area contributed by atoms with Crippen molar-refractivity contribution in [3.8, 4) is 0 Å². The minimum Gasteiger partial charge on any atom is -0.480 e. The summed E-state index contributed by atoms with van der Waals surface area (Å²) in [5, 5.41) is 14.1. The van der Waals surface area contributed by atoms with Crippen molar-refractivity contribution in [2.45, 2.75) is 51.6 Å². The van der Waals surface area contributed by atoms with Crippen molar-refractivity contribution in [1.29, 1.82) is 0 Å². The number of rotatable bonds is 5. The molecular formula is C11H20N2O3. The van der Waals surface area contributed by atoms with Crippen LogP contribution in [0.2, 0.25) is 0 Å². The molecule has 0 aromatic heterocycles. The first-order valence-electron chi connectivity index (χ1n) is 5.68. The van der Waals surface area contributed by atoms with E-state index in [4.69, 9.17) is 5.11 Å². The van der Waals surface area contributed by atoms with E-state index in [0.717, 1.165) is 12.8 Å². The van der Waals surface area contributed by atoms with Gasteiger partial charge < -0.3 is 15.7 Å². The molecule has 0 heterocycles. The Morgan fingerprint density at radius 1 is 1.44 bits per heavy atom. The Kier molecular flexibility index (Phi) is 3.78. The minimum absolute atomic E-state index is 0.249. The maximum absolute atomic E-state index is 11.6. The van der Waals surface area contributed by atoms with Gasteiger partial charge in [-0.25, -0.2) is 9.59 Å². The summed E-state index contributed by atoms with van der Waals surface area (Å²) in [7, 11) is 0. The first-order valence-corrected chi connectivity index (χ1v) is 5.68. The van der Waals surface area contributed by atoms with Crippen LogP contribution in [-0.2, 0) is 4.79 Å². The molecule has 1 unspecified atom stereocenters. The topological polar surface area (TPSA) is 78.4 Å². The maximum Gasteiger partial charge on any atom is 0.326 e. The largest absolute Gasteiger partial charge is 0.480 e. The molecule has 0 aliphatic heterocycles. The summed E-state index contributed by atoms with van der Waals surface area (Å²) in [4.78, 5) is 22.3. The third kappa shape index (κ3) is 3.40. The van der Waals surface area contributed by atoms with Crippen LogP contribution in [0.5, 0.6) is 0 Å². The molecule has 1 fully saturated rings. The summed E-state index contributed by atoms with van der Waals surface area (Å²) in [5.74, 6) is -0.481. The molecule has 0 aromatic rings. The Morgan fingerprint density at radius 2 is 2.00 bits per heavy atom. The number of aliphatic carboxylic acids is 1. The third-order valence-corrected chi connectivity index (χ3v) is 3.05. The number of carbonyl (C=O) groups excluding carboxylic acids is 1. The molecule has 1 aliphatic rings. The van der Waals surface area contributed by atoms with Gasteiger partial charge in [-0.05, 0) is 39.0 Å². The molecule has 1 atom stereocenters. The molecule has 5 nitrogen and oxygen atoms in total. The normalized spacial score (nSPS) is 17.7. The van der Waals surface area contributed by atoms with E-state index < -0.39 is 18.0 Å². The van der Waals surface area contributed by atoms with Crippen LogP contribution in [-0.4, -0.2) is 28.7 Å². The van der Waals surface area contributed by atoms with E-state index >= 15 is 0 Å². The molecule has 3 N–H and O–H groups in total. The summed E-state index contributed by atoms with van der Waals surface area (Å²) >= 11 is 0. The van der Waals surface area contributed by atoms with Gasteiger partial charge in [0.2, 0.25) is 0 Å². The van der Waals surface area contributed by atoms with E-state index in [1.165, 1.54) is 0 Å². The van der Waals surface area contributed by atoms with Crippen molar-refractivity contribution in [3.63, 3.8) is 0 Å². The second-order valence-electron chi connectivity index (χ2n) is 4.89. The highest BCUT2D eigenvalue weighted by atomic mass is 16.4. The van der Waals surface area contributed by atoms with Crippen molar-refractivity contribution in [1.82, 2.24) is 10.6 Å². The van der Waals surface area contributed by atoms with Gasteiger partial charge in [-0.15, -0.1) is 0 Å². The first kappa shape index (κ1) is 12.8. The predicted octanol–water partition coefficient (Wildman–Crippen LogP) is 1.34. The quantitative estimate of drug-likeness (QED) is 0.664. The summed E-state index contributed by atoms with van der Waals surface area (Å²) in [6.45, 7) is 5.66. The molecule has 1 rings (SSSR count). The van der Waals surface area contributed by atoms with E-state index in [9.17, 15) is 9.59 Å². The van der Waals surface area contributed by atoms with Crippen LogP contribution in [0.3, 0.4) is 0 Å². The predicted molar refractivity (Wildman–Crippen MR) is 60.2 cm³/mol. The molecule has 0 radical (unpaired) electrons. The lowest BCUT2D eigenvalue weighted by molar-refractivity contribution is -0.139. The molecule has 0 saturated heterocycles. The standard InChI is InChI=1S/C11H20N2O3/c1-4-8(9(14)15)12-10(16)13-11(2,3)7-5-6-7/h7-8H,4-6H2,1-3H3,(H,14,15)(H2,12,13,16). The van der Waals surface area contributed by atoms with E-state index in [0.29, 0.717) is 12.3 Å². The Bertz CT molecular complexity index is 285. The lowest BCUT2D eigenvalue weighted by Crippen LogP contribution is -2.53. The summed E-state index contributed by atoms with van der Waals surface area (Å²) < 4.78 is 0. The molecule has 16 heavy (non-hydrogen) atoms. The fraction of sp³-hybridized carbons (Fsp3) is 0.818. The van der Waals surface area contributed by atoms with Gasteiger partial charge in [-0.2, -0.15) is 0 Å². The molecular weight excluding hydrogens is 208 g/mol. The van der Waals surface area contributed by atoms with Crippen molar-refractivity contribution >= 4 is 12.0 Å². The highest BCUT2D eigenvalue weighted by Crippen LogP contribution is 2.39. The minimum atomic E-state index is -0.998. The number of amides is 2.